The number of halogens is 3. The van der Waals surface area contributed by atoms with E-state index in [4.69, 9.17) is 5.73 Å². The highest BCUT2D eigenvalue weighted by molar-refractivity contribution is 7.89. The van der Waals surface area contributed by atoms with E-state index in [1.165, 1.54) is 7.05 Å². The molecule has 0 aliphatic rings. The number of anilines is 1. The van der Waals surface area contributed by atoms with Crippen LogP contribution in [0.25, 0.3) is 0 Å². The first-order valence-electron chi connectivity index (χ1n) is 4.24. The molecule has 0 saturated carbocycles. The molecular formula is C8H9F3N2O3S. The van der Waals surface area contributed by atoms with E-state index in [2.05, 4.69) is 4.74 Å². The second-order valence-electron chi connectivity index (χ2n) is 2.95. The Morgan fingerprint density at radius 1 is 1.35 bits per heavy atom. The molecule has 0 fully saturated rings. The molecule has 0 aliphatic carbocycles. The van der Waals surface area contributed by atoms with E-state index < -0.39 is 27.8 Å². The molecule has 0 aliphatic heterocycles. The average Bonchev–Trinajstić information content (AvgIpc) is 2.19. The molecule has 0 unspecified atom stereocenters. The number of benzene rings is 1. The summed E-state index contributed by atoms with van der Waals surface area (Å²) in [6.45, 7) is 0. The van der Waals surface area contributed by atoms with Gasteiger partial charge in [-0.2, -0.15) is 0 Å². The summed E-state index contributed by atoms with van der Waals surface area (Å²) in [6.07, 6.45) is -4.88. The van der Waals surface area contributed by atoms with Gasteiger partial charge in [-0.05, 0) is 25.2 Å². The minimum atomic E-state index is -4.88. The molecule has 0 amide bonds. The quantitative estimate of drug-likeness (QED) is 0.805. The van der Waals surface area contributed by atoms with Gasteiger partial charge in [0.15, 0.2) is 5.75 Å². The molecule has 0 heterocycles. The van der Waals surface area contributed by atoms with Crippen LogP contribution in [0.3, 0.4) is 0 Å². The number of nitrogen functional groups attached to an aromatic ring is 1. The predicted molar refractivity (Wildman–Crippen MR) is 53.8 cm³/mol. The lowest BCUT2D eigenvalue weighted by molar-refractivity contribution is -0.274. The molecule has 1 aromatic carbocycles. The monoisotopic (exact) mass is 270 g/mol. The number of nitrogens with one attached hydrogen (secondary N) is 1. The Labute approximate surface area is 95.4 Å². The fraction of sp³-hybridized carbons (Fsp3) is 0.250. The van der Waals surface area contributed by atoms with Gasteiger partial charge < -0.3 is 10.5 Å². The number of alkyl halides is 3. The lowest BCUT2D eigenvalue weighted by Gasteiger charge is -2.12. The normalized spacial score (nSPS) is 12.5. The summed E-state index contributed by atoms with van der Waals surface area (Å²) in [7, 11) is -2.58. The predicted octanol–water partition coefficient (Wildman–Crippen LogP) is 1.08. The molecule has 0 radical (unpaired) electrons. The zero-order chi connectivity index (χ0) is 13.3. The van der Waals surface area contributed by atoms with Crippen LogP contribution in [0.5, 0.6) is 5.75 Å². The van der Waals surface area contributed by atoms with Gasteiger partial charge in [0, 0.05) is 0 Å². The Hall–Kier alpha value is -1.48. The van der Waals surface area contributed by atoms with Gasteiger partial charge in [0.05, 0.1) is 10.6 Å². The molecule has 0 bridgehead atoms. The Balaban J connectivity index is 3.11. The summed E-state index contributed by atoms with van der Waals surface area (Å²) in [5, 5.41) is 0. The summed E-state index contributed by atoms with van der Waals surface area (Å²) in [4.78, 5) is -0.243. The van der Waals surface area contributed by atoms with Gasteiger partial charge in [0.2, 0.25) is 10.0 Å². The van der Waals surface area contributed by atoms with Crippen LogP contribution < -0.4 is 15.2 Å². The van der Waals surface area contributed by atoms with Crippen molar-refractivity contribution in [2.24, 2.45) is 0 Å². The van der Waals surface area contributed by atoms with Crippen molar-refractivity contribution in [3.8, 4) is 5.75 Å². The van der Waals surface area contributed by atoms with E-state index in [0.29, 0.717) is 0 Å². The number of nitrogens with two attached hydrogens (primary N) is 1. The zero-order valence-corrected chi connectivity index (χ0v) is 9.39. The summed E-state index contributed by atoms with van der Waals surface area (Å²) >= 11 is 0. The molecule has 17 heavy (non-hydrogen) atoms. The Morgan fingerprint density at radius 3 is 2.35 bits per heavy atom. The van der Waals surface area contributed by atoms with Crippen LogP contribution in [0.15, 0.2) is 23.1 Å². The molecule has 1 rings (SSSR count). The molecule has 0 spiro atoms. The number of ether oxygens (including phenoxy) is 1. The number of rotatable bonds is 3. The van der Waals surface area contributed by atoms with Gasteiger partial charge >= 0.3 is 6.36 Å². The topological polar surface area (TPSA) is 81.4 Å². The van der Waals surface area contributed by atoms with Crippen molar-refractivity contribution in [3.63, 3.8) is 0 Å². The maximum atomic E-state index is 11.9. The van der Waals surface area contributed by atoms with Crippen molar-refractivity contribution in [1.82, 2.24) is 4.72 Å². The van der Waals surface area contributed by atoms with E-state index in [9.17, 15) is 21.6 Å². The first kappa shape index (κ1) is 13.6. The van der Waals surface area contributed by atoms with Crippen molar-refractivity contribution in [2.75, 3.05) is 12.8 Å². The third-order valence-electron chi connectivity index (χ3n) is 1.79. The lowest BCUT2D eigenvalue weighted by atomic mass is 10.3. The standard InChI is InChI=1S/C8H9F3N2O3S/c1-13-17(14,15)5-2-3-7(6(12)4-5)16-8(9,10)11/h2-4,13H,12H2,1H3. The highest BCUT2D eigenvalue weighted by Crippen LogP contribution is 2.29. The van der Waals surface area contributed by atoms with Crippen LogP contribution in [-0.4, -0.2) is 21.8 Å². The SMILES string of the molecule is CNS(=O)(=O)c1ccc(OC(F)(F)F)c(N)c1. The Kier molecular flexibility index (Phi) is 3.53. The minimum absolute atomic E-state index is 0.243. The highest BCUT2D eigenvalue weighted by Gasteiger charge is 2.32. The number of hydrogen-bond acceptors (Lipinski definition) is 4. The van der Waals surface area contributed by atoms with Crippen molar-refractivity contribution in [1.29, 1.82) is 0 Å². The zero-order valence-electron chi connectivity index (χ0n) is 8.58. The fourth-order valence-corrected chi connectivity index (χ4v) is 1.79. The molecule has 5 nitrogen and oxygen atoms in total. The van der Waals surface area contributed by atoms with E-state index in [0.717, 1.165) is 18.2 Å². The van der Waals surface area contributed by atoms with Crippen LogP contribution in [0.4, 0.5) is 18.9 Å². The molecule has 0 aromatic heterocycles. The van der Waals surface area contributed by atoms with Crippen LogP contribution >= 0.6 is 0 Å². The minimum Gasteiger partial charge on any atom is -0.404 e. The first-order chi connectivity index (χ1) is 7.65. The van der Waals surface area contributed by atoms with Crippen molar-refractivity contribution >= 4 is 15.7 Å². The second kappa shape index (κ2) is 4.41. The summed E-state index contributed by atoms with van der Waals surface area (Å²) < 4.78 is 64.0. The fourth-order valence-electron chi connectivity index (χ4n) is 1.03. The van der Waals surface area contributed by atoms with Crippen LogP contribution in [0.2, 0.25) is 0 Å². The summed E-state index contributed by atoms with van der Waals surface area (Å²) in [6, 6.07) is 2.68. The van der Waals surface area contributed by atoms with Gasteiger partial charge in [0.25, 0.3) is 0 Å². The van der Waals surface area contributed by atoms with Gasteiger partial charge in [0.1, 0.15) is 0 Å². The molecule has 9 heteroatoms. The lowest BCUT2D eigenvalue weighted by Crippen LogP contribution is -2.20. The van der Waals surface area contributed by atoms with E-state index >= 15 is 0 Å². The van der Waals surface area contributed by atoms with Crippen molar-refractivity contribution < 1.29 is 26.3 Å². The van der Waals surface area contributed by atoms with E-state index in [1.807, 2.05) is 4.72 Å². The summed E-state index contributed by atoms with van der Waals surface area (Å²) in [5.74, 6) is -0.646. The Bertz CT molecular complexity index is 513. The number of sulfonamides is 1. The highest BCUT2D eigenvalue weighted by atomic mass is 32.2. The molecule has 0 saturated heterocycles. The molecule has 3 N–H and O–H groups in total. The molecule has 1 aromatic rings. The summed E-state index contributed by atoms with van der Waals surface area (Å²) in [5.41, 5.74) is 4.84. The third kappa shape index (κ3) is 3.49. The molecule has 0 atom stereocenters. The average molecular weight is 270 g/mol. The van der Waals surface area contributed by atoms with Gasteiger partial charge in [-0.25, -0.2) is 13.1 Å². The molecule has 96 valence electrons. The first-order valence-corrected chi connectivity index (χ1v) is 5.73. The van der Waals surface area contributed by atoms with Crippen LogP contribution in [0, 0.1) is 0 Å². The Morgan fingerprint density at radius 2 is 1.94 bits per heavy atom. The van der Waals surface area contributed by atoms with Crippen molar-refractivity contribution in [3.05, 3.63) is 18.2 Å². The van der Waals surface area contributed by atoms with Gasteiger partial charge in [-0.3, -0.25) is 0 Å². The van der Waals surface area contributed by atoms with Gasteiger partial charge in [-0.15, -0.1) is 13.2 Å². The van der Waals surface area contributed by atoms with Crippen molar-refractivity contribution in [2.45, 2.75) is 11.3 Å². The molecular weight excluding hydrogens is 261 g/mol. The maximum Gasteiger partial charge on any atom is 0.573 e. The largest absolute Gasteiger partial charge is 0.573 e. The number of hydrogen-bond donors (Lipinski definition) is 2. The maximum absolute atomic E-state index is 11.9. The third-order valence-corrected chi connectivity index (χ3v) is 3.20. The van der Waals surface area contributed by atoms with E-state index in [1.54, 1.807) is 0 Å². The van der Waals surface area contributed by atoms with Crippen LogP contribution in [0.1, 0.15) is 0 Å². The second-order valence-corrected chi connectivity index (χ2v) is 4.84. The smallest absolute Gasteiger partial charge is 0.404 e. The van der Waals surface area contributed by atoms with E-state index in [-0.39, 0.29) is 4.90 Å². The van der Waals surface area contributed by atoms with Gasteiger partial charge in [-0.1, -0.05) is 0 Å². The van der Waals surface area contributed by atoms with Crippen LogP contribution in [-0.2, 0) is 10.0 Å².